The van der Waals surface area contributed by atoms with E-state index in [1.54, 1.807) is 0 Å². The highest BCUT2D eigenvalue weighted by molar-refractivity contribution is 9.10. The fourth-order valence-corrected chi connectivity index (χ4v) is 4.27. The van der Waals surface area contributed by atoms with Crippen molar-refractivity contribution in [1.82, 2.24) is 9.88 Å². The van der Waals surface area contributed by atoms with Gasteiger partial charge in [0.15, 0.2) is 0 Å². The van der Waals surface area contributed by atoms with E-state index in [2.05, 4.69) is 21.2 Å². The Kier molecular flexibility index (Phi) is 3.50. The first-order chi connectivity index (χ1) is 10.7. The van der Waals surface area contributed by atoms with Crippen molar-refractivity contribution >= 4 is 32.7 Å². The first-order valence-electron chi connectivity index (χ1n) is 7.82. The Balaban J connectivity index is 1.62. The third-order valence-electron chi connectivity index (χ3n) is 4.80. The minimum Gasteiger partial charge on any atom is -0.376 e. The first-order valence-corrected chi connectivity index (χ1v) is 8.61. The number of rotatable bonds is 3. The monoisotopic (exact) mass is 362 g/mol. The van der Waals surface area contributed by atoms with Crippen molar-refractivity contribution in [2.45, 2.75) is 31.4 Å². The maximum absolute atomic E-state index is 12.8. The fraction of sp³-hybridized carbons (Fsp3) is 0.471. The van der Waals surface area contributed by atoms with Crippen LogP contribution in [-0.2, 0) is 11.8 Å². The highest BCUT2D eigenvalue weighted by atomic mass is 79.9. The Morgan fingerprint density at radius 3 is 2.82 bits per heavy atom. The molecule has 0 unspecified atom stereocenters. The molecule has 4 nitrogen and oxygen atoms in total. The van der Waals surface area contributed by atoms with E-state index in [1.165, 1.54) is 12.8 Å². The Hall–Kier alpha value is -1.33. The van der Waals surface area contributed by atoms with Crippen LogP contribution in [0.25, 0.3) is 10.9 Å². The smallest absolute Gasteiger partial charge is 0.269 e. The summed E-state index contributed by atoms with van der Waals surface area (Å²) in [6, 6.07) is 8.18. The summed E-state index contributed by atoms with van der Waals surface area (Å²) in [6.07, 6.45) is 3.58. The molecule has 5 heteroatoms. The van der Waals surface area contributed by atoms with Crippen LogP contribution in [0.1, 0.15) is 29.8 Å². The van der Waals surface area contributed by atoms with E-state index in [0.717, 1.165) is 28.4 Å². The summed E-state index contributed by atoms with van der Waals surface area (Å²) in [4.78, 5) is 12.8. The number of aryl methyl sites for hydroxylation is 1. The van der Waals surface area contributed by atoms with Gasteiger partial charge in [-0.3, -0.25) is 4.79 Å². The topological polar surface area (TPSA) is 43.3 Å². The normalized spacial score (nSPS) is 24.8. The predicted molar refractivity (Wildman–Crippen MR) is 89.0 cm³/mol. The van der Waals surface area contributed by atoms with E-state index in [0.29, 0.717) is 11.6 Å². The van der Waals surface area contributed by atoms with Gasteiger partial charge < -0.3 is 14.6 Å². The maximum Gasteiger partial charge on any atom is 0.269 e. The molecule has 1 aromatic heterocycles. The van der Waals surface area contributed by atoms with Gasteiger partial charge in [0.2, 0.25) is 0 Å². The molecule has 1 saturated carbocycles. The highest BCUT2D eigenvalue weighted by Crippen LogP contribution is 2.39. The van der Waals surface area contributed by atoms with Crippen LogP contribution in [0.2, 0.25) is 0 Å². The molecule has 1 aliphatic heterocycles. The molecule has 2 aliphatic rings. The summed E-state index contributed by atoms with van der Waals surface area (Å²) in [5, 5.41) is 4.26. The molecule has 1 saturated heterocycles. The summed E-state index contributed by atoms with van der Waals surface area (Å²) in [5.41, 5.74) is 1.74. The van der Waals surface area contributed by atoms with Crippen LogP contribution in [0.5, 0.6) is 0 Å². The molecule has 0 spiro atoms. The van der Waals surface area contributed by atoms with E-state index >= 15 is 0 Å². The number of benzene rings is 1. The zero-order chi connectivity index (χ0) is 15.3. The number of hydrogen-bond acceptors (Lipinski definition) is 2. The van der Waals surface area contributed by atoms with Crippen molar-refractivity contribution in [3.05, 3.63) is 34.4 Å². The van der Waals surface area contributed by atoms with Crippen LogP contribution in [0, 0.1) is 5.92 Å². The molecule has 2 aromatic rings. The minimum absolute atomic E-state index is 0.0216. The van der Waals surface area contributed by atoms with Gasteiger partial charge in [-0.15, -0.1) is 0 Å². The van der Waals surface area contributed by atoms with Crippen molar-refractivity contribution in [1.29, 1.82) is 0 Å². The van der Waals surface area contributed by atoms with Gasteiger partial charge in [0.25, 0.3) is 5.91 Å². The number of nitrogens with zero attached hydrogens (tertiary/aromatic N) is 1. The van der Waals surface area contributed by atoms with E-state index < -0.39 is 0 Å². The minimum atomic E-state index is -0.0216. The van der Waals surface area contributed by atoms with Gasteiger partial charge in [0.05, 0.1) is 16.6 Å². The standard InChI is InChI=1S/C17H19BrN2O2/c1-20-13-5-3-2-4-11(13)14(18)15(20)17(21)19-12-8-9-22-16(12)10-6-7-10/h2-5,10,12,16H,6-9H2,1H3,(H,19,21)/t12-,16+/m0/s1. The predicted octanol–water partition coefficient (Wildman–Crippen LogP) is 3.24. The van der Waals surface area contributed by atoms with Gasteiger partial charge in [-0.25, -0.2) is 0 Å². The van der Waals surface area contributed by atoms with Crippen LogP contribution in [0.3, 0.4) is 0 Å². The van der Waals surface area contributed by atoms with Crippen LogP contribution < -0.4 is 5.32 Å². The number of aromatic nitrogens is 1. The number of fused-ring (bicyclic) bond motifs is 1. The molecule has 116 valence electrons. The van der Waals surface area contributed by atoms with Crippen molar-refractivity contribution in [2.75, 3.05) is 6.61 Å². The average molecular weight is 363 g/mol. The molecule has 1 amide bonds. The number of carbonyl (C=O) groups excluding carboxylic acids is 1. The third-order valence-corrected chi connectivity index (χ3v) is 5.60. The molecular weight excluding hydrogens is 344 g/mol. The lowest BCUT2D eigenvalue weighted by molar-refractivity contribution is 0.0725. The lowest BCUT2D eigenvalue weighted by atomic mass is 10.1. The second-order valence-electron chi connectivity index (χ2n) is 6.28. The van der Waals surface area contributed by atoms with Crippen LogP contribution in [0.15, 0.2) is 28.7 Å². The summed E-state index contributed by atoms with van der Waals surface area (Å²) in [5.74, 6) is 0.621. The van der Waals surface area contributed by atoms with E-state index in [4.69, 9.17) is 4.74 Å². The molecule has 0 radical (unpaired) electrons. The molecule has 2 atom stereocenters. The highest BCUT2D eigenvalue weighted by Gasteiger charge is 2.41. The van der Waals surface area contributed by atoms with Gasteiger partial charge in [0, 0.05) is 24.6 Å². The number of para-hydroxylation sites is 1. The Morgan fingerprint density at radius 2 is 2.09 bits per heavy atom. The molecule has 1 N–H and O–H groups in total. The lowest BCUT2D eigenvalue weighted by Gasteiger charge is -2.19. The number of amides is 1. The first kappa shape index (κ1) is 14.3. The van der Waals surface area contributed by atoms with Gasteiger partial charge in [-0.05, 0) is 47.2 Å². The quantitative estimate of drug-likeness (QED) is 0.910. The molecule has 22 heavy (non-hydrogen) atoms. The van der Waals surface area contributed by atoms with Crippen molar-refractivity contribution in [3.8, 4) is 0 Å². The van der Waals surface area contributed by atoms with Crippen molar-refractivity contribution < 1.29 is 9.53 Å². The Labute approximate surface area is 137 Å². The van der Waals surface area contributed by atoms with Gasteiger partial charge in [-0.1, -0.05) is 18.2 Å². The van der Waals surface area contributed by atoms with E-state index in [9.17, 15) is 4.79 Å². The number of ether oxygens (including phenoxy) is 1. The molecule has 2 heterocycles. The Bertz CT molecular complexity index is 697. The third kappa shape index (κ3) is 2.27. The number of nitrogens with one attached hydrogen (secondary N) is 1. The molecule has 0 bridgehead atoms. The maximum atomic E-state index is 12.8. The zero-order valence-electron chi connectivity index (χ0n) is 12.5. The molecule has 4 rings (SSSR count). The second kappa shape index (κ2) is 5.39. The largest absolute Gasteiger partial charge is 0.376 e. The fourth-order valence-electron chi connectivity index (χ4n) is 3.49. The zero-order valence-corrected chi connectivity index (χ0v) is 14.1. The van der Waals surface area contributed by atoms with E-state index in [1.807, 2.05) is 35.9 Å². The van der Waals surface area contributed by atoms with Crippen molar-refractivity contribution in [3.63, 3.8) is 0 Å². The van der Waals surface area contributed by atoms with Gasteiger partial charge >= 0.3 is 0 Å². The number of carbonyl (C=O) groups is 1. The Morgan fingerprint density at radius 1 is 1.32 bits per heavy atom. The van der Waals surface area contributed by atoms with Crippen molar-refractivity contribution in [2.24, 2.45) is 13.0 Å². The number of halogens is 1. The van der Waals surface area contributed by atoms with Gasteiger partial charge in [-0.2, -0.15) is 0 Å². The number of hydrogen-bond donors (Lipinski definition) is 1. The van der Waals surface area contributed by atoms with Crippen LogP contribution >= 0.6 is 15.9 Å². The van der Waals surface area contributed by atoms with Crippen LogP contribution in [-0.4, -0.2) is 29.2 Å². The van der Waals surface area contributed by atoms with E-state index in [-0.39, 0.29) is 18.1 Å². The van der Waals surface area contributed by atoms with Crippen LogP contribution in [0.4, 0.5) is 0 Å². The molecule has 1 aromatic carbocycles. The molecule has 1 aliphatic carbocycles. The summed E-state index contributed by atoms with van der Waals surface area (Å²) in [6.45, 7) is 0.752. The summed E-state index contributed by atoms with van der Waals surface area (Å²) < 4.78 is 8.63. The second-order valence-corrected chi connectivity index (χ2v) is 7.07. The van der Waals surface area contributed by atoms with Gasteiger partial charge in [0.1, 0.15) is 5.69 Å². The SMILES string of the molecule is Cn1c(C(=O)N[C@H]2CCO[C@@H]2C2CC2)c(Br)c2ccccc21. The summed E-state index contributed by atoms with van der Waals surface area (Å²) in [7, 11) is 1.94. The average Bonchev–Trinajstić information content (AvgIpc) is 3.21. The summed E-state index contributed by atoms with van der Waals surface area (Å²) >= 11 is 3.60. The lowest BCUT2D eigenvalue weighted by Crippen LogP contribution is -2.42. The molecule has 2 fully saturated rings. The molecular formula is C17H19BrN2O2.